The van der Waals surface area contributed by atoms with Gasteiger partial charge in [-0.2, -0.15) is 0 Å². The van der Waals surface area contributed by atoms with Gasteiger partial charge in [-0.15, -0.1) is 0 Å². The minimum Gasteiger partial charge on any atom is -0.368 e. The second-order valence-electron chi connectivity index (χ2n) is 7.34. The summed E-state index contributed by atoms with van der Waals surface area (Å²) in [7, 11) is 2.10. The minimum atomic E-state index is 0.0976. The predicted octanol–water partition coefficient (Wildman–Crippen LogP) is 1.80. The van der Waals surface area contributed by atoms with E-state index < -0.39 is 0 Å². The van der Waals surface area contributed by atoms with E-state index in [2.05, 4.69) is 51.0 Å². The number of piperazine rings is 2. The van der Waals surface area contributed by atoms with E-state index in [1.54, 1.807) is 6.20 Å². The van der Waals surface area contributed by atoms with Crippen molar-refractivity contribution in [3.8, 4) is 0 Å². The Kier molecular flexibility index (Phi) is 5.25. The Hall–Kier alpha value is -2.60. The average Bonchev–Trinajstić information content (AvgIpc) is 2.75. The van der Waals surface area contributed by atoms with Crippen molar-refractivity contribution in [2.45, 2.75) is 0 Å². The van der Waals surface area contributed by atoms with Gasteiger partial charge in [-0.05, 0) is 25.2 Å². The lowest BCUT2D eigenvalue weighted by atomic mass is 10.2. The Morgan fingerprint density at radius 3 is 2.11 bits per heavy atom. The highest BCUT2D eigenvalue weighted by atomic mass is 16.2. The molecule has 2 aromatic rings. The van der Waals surface area contributed by atoms with Crippen molar-refractivity contribution in [1.82, 2.24) is 14.8 Å². The van der Waals surface area contributed by atoms with Crippen molar-refractivity contribution in [2.75, 3.05) is 69.2 Å². The van der Waals surface area contributed by atoms with Crippen molar-refractivity contribution in [3.63, 3.8) is 0 Å². The van der Waals surface area contributed by atoms with E-state index in [1.165, 1.54) is 5.69 Å². The first-order valence-electron chi connectivity index (χ1n) is 9.68. The first kappa shape index (κ1) is 17.8. The second-order valence-corrected chi connectivity index (χ2v) is 7.34. The number of hydrogen-bond donors (Lipinski definition) is 0. The summed E-state index contributed by atoms with van der Waals surface area (Å²) in [6, 6.07) is 12.5. The van der Waals surface area contributed by atoms with Gasteiger partial charge in [0.25, 0.3) is 5.91 Å². The van der Waals surface area contributed by atoms with Gasteiger partial charge < -0.3 is 19.6 Å². The third-order valence-corrected chi connectivity index (χ3v) is 5.53. The zero-order valence-corrected chi connectivity index (χ0v) is 15.9. The summed E-state index contributed by atoms with van der Waals surface area (Å²) in [5.41, 5.74) is 3.01. The monoisotopic (exact) mass is 365 g/mol. The SMILES string of the molecule is CN1CCN(C(=O)c2cncc(N3CCN(c4ccccc4)CC3)c2)CC1. The Balaban J connectivity index is 1.40. The summed E-state index contributed by atoms with van der Waals surface area (Å²) in [5.74, 6) is 0.0976. The highest BCUT2D eigenvalue weighted by Gasteiger charge is 2.22. The van der Waals surface area contributed by atoms with E-state index >= 15 is 0 Å². The number of pyridine rings is 1. The third-order valence-electron chi connectivity index (χ3n) is 5.53. The number of amides is 1. The van der Waals surface area contributed by atoms with Crippen LogP contribution in [0.1, 0.15) is 10.4 Å². The summed E-state index contributed by atoms with van der Waals surface area (Å²) in [6.45, 7) is 7.25. The number of rotatable bonds is 3. The van der Waals surface area contributed by atoms with E-state index in [0.29, 0.717) is 5.56 Å². The molecule has 2 fully saturated rings. The van der Waals surface area contributed by atoms with Crippen LogP contribution in [-0.4, -0.2) is 80.1 Å². The molecule has 2 aliphatic rings. The largest absolute Gasteiger partial charge is 0.368 e. The molecular weight excluding hydrogens is 338 g/mol. The first-order valence-corrected chi connectivity index (χ1v) is 9.68. The Morgan fingerprint density at radius 1 is 0.815 bits per heavy atom. The third kappa shape index (κ3) is 4.06. The Labute approximate surface area is 161 Å². The van der Waals surface area contributed by atoms with Crippen LogP contribution in [0.4, 0.5) is 11.4 Å². The number of carbonyl (C=O) groups is 1. The Bertz CT molecular complexity index is 765. The van der Waals surface area contributed by atoms with Crippen LogP contribution in [0, 0.1) is 0 Å². The first-order chi connectivity index (χ1) is 13.2. The summed E-state index contributed by atoms with van der Waals surface area (Å²) in [4.78, 5) is 26.1. The molecular formula is C21H27N5O. The van der Waals surface area contributed by atoms with Gasteiger partial charge in [-0.25, -0.2) is 0 Å². The zero-order chi connectivity index (χ0) is 18.6. The van der Waals surface area contributed by atoms with Crippen LogP contribution in [-0.2, 0) is 0 Å². The number of likely N-dealkylation sites (N-methyl/N-ethyl adjacent to an activating group) is 1. The van der Waals surface area contributed by atoms with Crippen LogP contribution in [0.25, 0.3) is 0 Å². The van der Waals surface area contributed by atoms with Gasteiger partial charge in [0.05, 0.1) is 17.4 Å². The molecule has 4 rings (SSSR count). The normalized spacial score (nSPS) is 18.6. The van der Waals surface area contributed by atoms with E-state index in [9.17, 15) is 4.79 Å². The van der Waals surface area contributed by atoms with Crippen molar-refractivity contribution >= 4 is 17.3 Å². The number of hydrogen-bond acceptors (Lipinski definition) is 5. The van der Waals surface area contributed by atoms with Gasteiger partial charge >= 0.3 is 0 Å². The van der Waals surface area contributed by atoms with Crippen molar-refractivity contribution < 1.29 is 4.79 Å². The predicted molar refractivity (Wildman–Crippen MR) is 109 cm³/mol. The maximum atomic E-state index is 12.8. The number of aromatic nitrogens is 1. The van der Waals surface area contributed by atoms with E-state index in [4.69, 9.17) is 0 Å². The smallest absolute Gasteiger partial charge is 0.255 e. The van der Waals surface area contributed by atoms with Gasteiger partial charge in [0.15, 0.2) is 0 Å². The Morgan fingerprint density at radius 2 is 1.44 bits per heavy atom. The maximum Gasteiger partial charge on any atom is 0.255 e. The fourth-order valence-corrected chi connectivity index (χ4v) is 3.77. The van der Waals surface area contributed by atoms with Crippen LogP contribution in [0.5, 0.6) is 0 Å². The number of benzene rings is 1. The minimum absolute atomic E-state index is 0.0976. The summed E-state index contributed by atoms with van der Waals surface area (Å²) in [6.07, 6.45) is 3.57. The average molecular weight is 365 g/mol. The van der Waals surface area contributed by atoms with Crippen LogP contribution in [0.3, 0.4) is 0 Å². The molecule has 0 aliphatic carbocycles. The van der Waals surface area contributed by atoms with Crippen LogP contribution < -0.4 is 9.80 Å². The van der Waals surface area contributed by atoms with Crippen LogP contribution in [0.2, 0.25) is 0 Å². The molecule has 0 unspecified atom stereocenters. The summed E-state index contributed by atoms with van der Waals surface area (Å²) >= 11 is 0. The molecule has 142 valence electrons. The molecule has 0 bridgehead atoms. The summed E-state index contributed by atoms with van der Waals surface area (Å²) < 4.78 is 0. The number of carbonyl (C=O) groups excluding carboxylic acids is 1. The second kappa shape index (κ2) is 7.96. The molecule has 2 saturated heterocycles. The molecule has 27 heavy (non-hydrogen) atoms. The topological polar surface area (TPSA) is 42.9 Å². The molecule has 1 aromatic heterocycles. The number of para-hydroxylation sites is 1. The fourth-order valence-electron chi connectivity index (χ4n) is 3.77. The van der Waals surface area contributed by atoms with Gasteiger partial charge in [0, 0.05) is 64.2 Å². The molecule has 0 radical (unpaired) electrons. The van der Waals surface area contributed by atoms with Crippen molar-refractivity contribution in [2.24, 2.45) is 0 Å². The van der Waals surface area contributed by atoms with Crippen molar-refractivity contribution in [3.05, 3.63) is 54.4 Å². The number of nitrogens with zero attached hydrogens (tertiary/aromatic N) is 5. The van der Waals surface area contributed by atoms with Crippen molar-refractivity contribution in [1.29, 1.82) is 0 Å². The van der Waals surface area contributed by atoms with Gasteiger partial charge in [0.1, 0.15) is 0 Å². The summed E-state index contributed by atoms with van der Waals surface area (Å²) in [5, 5.41) is 0. The van der Waals surface area contributed by atoms with E-state index in [0.717, 1.165) is 58.0 Å². The van der Waals surface area contributed by atoms with Gasteiger partial charge in [-0.1, -0.05) is 18.2 Å². The molecule has 0 atom stereocenters. The lowest BCUT2D eigenvalue weighted by Gasteiger charge is -2.37. The highest BCUT2D eigenvalue weighted by Crippen LogP contribution is 2.21. The molecule has 0 saturated carbocycles. The lowest BCUT2D eigenvalue weighted by Crippen LogP contribution is -2.47. The molecule has 1 aromatic carbocycles. The quantitative estimate of drug-likeness (QED) is 0.830. The van der Waals surface area contributed by atoms with Crippen LogP contribution in [0.15, 0.2) is 48.8 Å². The molecule has 0 N–H and O–H groups in total. The lowest BCUT2D eigenvalue weighted by molar-refractivity contribution is 0.0663. The number of anilines is 2. The van der Waals surface area contributed by atoms with Gasteiger partial charge in [0.2, 0.25) is 0 Å². The van der Waals surface area contributed by atoms with E-state index in [1.807, 2.05) is 23.2 Å². The highest BCUT2D eigenvalue weighted by molar-refractivity contribution is 5.94. The molecule has 1 amide bonds. The molecule has 6 heteroatoms. The maximum absolute atomic E-state index is 12.8. The fraction of sp³-hybridized carbons (Fsp3) is 0.429. The molecule has 6 nitrogen and oxygen atoms in total. The molecule has 3 heterocycles. The standard InChI is InChI=1S/C21H27N5O/c1-23-7-9-26(10-8-23)21(27)18-15-20(17-22-16-18)25-13-11-24(12-14-25)19-5-3-2-4-6-19/h2-6,15-17H,7-14H2,1H3. The van der Waals surface area contributed by atoms with E-state index in [-0.39, 0.29) is 5.91 Å². The molecule has 0 spiro atoms. The van der Waals surface area contributed by atoms with Gasteiger partial charge in [-0.3, -0.25) is 9.78 Å². The zero-order valence-electron chi connectivity index (χ0n) is 15.9. The van der Waals surface area contributed by atoms with Crippen LogP contribution >= 0.6 is 0 Å². The molecule has 2 aliphatic heterocycles.